The third-order valence-corrected chi connectivity index (χ3v) is 9.95. The van der Waals surface area contributed by atoms with Crippen molar-refractivity contribution in [3.63, 3.8) is 0 Å². The fourth-order valence-corrected chi connectivity index (χ4v) is 7.11. The summed E-state index contributed by atoms with van der Waals surface area (Å²) in [6.07, 6.45) is 5.12. The molecule has 6 atom stereocenters. The number of anilines is 1. The molecular weight excluding hydrogens is 600 g/mol. The van der Waals surface area contributed by atoms with Gasteiger partial charge in [-0.25, -0.2) is 4.79 Å². The van der Waals surface area contributed by atoms with Gasteiger partial charge in [0.2, 0.25) is 11.8 Å². The van der Waals surface area contributed by atoms with Crippen molar-refractivity contribution in [3.8, 4) is 0 Å². The van der Waals surface area contributed by atoms with E-state index < -0.39 is 12.0 Å². The van der Waals surface area contributed by atoms with Crippen molar-refractivity contribution >= 4 is 23.6 Å². The summed E-state index contributed by atoms with van der Waals surface area (Å²) in [5, 5.41) is 3.23. The van der Waals surface area contributed by atoms with E-state index in [1.54, 1.807) is 28.3 Å². The number of pyridine rings is 1. The summed E-state index contributed by atoms with van der Waals surface area (Å²) >= 11 is 0. The van der Waals surface area contributed by atoms with Crippen molar-refractivity contribution in [2.24, 2.45) is 17.8 Å². The molecule has 5 fully saturated rings. The van der Waals surface area contributed by atoms with Crippen molar-refractivity contribution in [1.82, 2.24) is 15.2 Å². The maximum absolute atomic E-state index is 14.8. The summed E-state index contributed by atoms with van der Waals surface area (Å²) in [7, 11) is 0. The Morgan fingerprint density at radius 2 is 1.77 bits per heavy atom. The Kier molecular flexibility index (Phi) is 10.1. The molecule has 11 nitrogen and oxygen atoms in total. The molecule has 0 saturated carbocycles. The lowest BCUT2D eigenvalue weighted by Crippen LogP contribution is -2.52. The minimum absolute atomic E-state index is 0.0231. The van der Waals surface area contributed by atoms with Crippen LogP contribution < -0.4 is 10.2 Å². The van der Waals surface area contributed by atoms with Crippen LogP contribution in [0.1, 0.15) is 70.5 Å². The number of aromatic nitrogens is 1. The lowest BCUT2D eigenvalue weighted by molar-refractivity contribution is -0.175. The van der Waals surface area contributed by atoms with E-state index in [-0.39, 0.29) is 60.2 Å². The van der Waals surface area contributed by atoms with E-state index in [1.807, 2.05) is 30.3 Å². The van der Waals surface area contributed by atoms with E-state index in [9.17, 15) is 14.4 Å². The highest BCUT2D eigenvalue weighted by Crippen LogP contribution is 2.39. The minimum atomic E-state index is -0.971. The fourth-order valence-electron chi connectivity index (χ4n) is 7.11. The molecule has 0 aliphatic carbocycles. The van der Waals surface area contributed by atoms with Crippen molar-refractivity contribution in [2.75, 3.05) is 44.4 Å². The van der Waals surface area contributed by atoms with Gasteiger partial charge in [0, 0.05) is 55.1 Å². The number of ether oxygens (including phenoxy) is 4. The number of piperidine rings is 1. The van der Waals surface area contributed by atoms with Gasteiger partial charge in [0.25, 0.3) is 0 Å². The zero-order valence-corrected chi connectivity index (χ0v) is 27.9. The molecule has 0 radical (unpaired) electrons. The molecule has 2 bridgehead atoms. The van der Waals surface area contributed by atoms with Crippen LogP contribution in [-0.2, 0) is 34.0 Å². The Hall–Kier alpha value is -3.54. The number of benzene rings is 1. The SMILES string of the molecule is CC1CC2CO[C@H]1OC[C@H]2C(=O)N(c1ccc(C(C)(C)C)cc1)C(C(=O)NC1CCN(C(=O)OC2CCOC2)CC1)c1cccnc1. The van der Waals surface area contributed by atoms with E-state index in [0.29, 0.717) is 63.4 Å². The molecule has 7 rings (SSSR count). The third-order valence-electron chi connectivity index (χ3n) is 9.95. The van der Waals surface area contributed by atoms with Crippen molar-refractivity contribution in [1.29, 1.82) is 0 Å². The highest BCUT2D eigenvalue weighted by molar-refractivity contribution is 6.02. The molecule has 47 heavy (non-hydrogen) atoms. The molecule has 11 heteroatoms. The van der Waals surface area contributed by atoms with Gasteiger partial charge < -0.3 is 29.2 Å². The van der Waals surface area contributed by atoms with Gasteiger partial charge in [-0.15, -0.1) is 0 Å². The zero-order valence-electron chi connectivity index (χ0n) is 27.9. The molecule has 5 aliphatic rings. The molecule has 1 N–H and O–H groups in total. The molecule has 6 heterocycles. The summed E-state index contributed by atoms with van der Waals surface area (Å²) < 4.78 is 23.0. The van der Waals surface area contributed by atoms with Crippen LogP contribution in [0.4, 0.5) is 10.5 Å². The number of fused-ring (bicyclic) bond motifs is 4. The maximum atomic E-state index is 14.8. The highest BCUT2D eigenvalue weighted by atomic mass is 16.7. The van der Waals surface area contributed by atoms with Gasteiger partial charge in [0.15, 0.2) is 6.29 Å². The first-order valence-electron chi connectivity index (χ1n) is 17.0. The van der Waals surface area contributed by atoms with Crippen molar-refractivity contribution < 1.29 is 33.3 Å². The number of rotatable bonds is 7. The van der Waals surface area contributed by atoms with E-state index >= 15 is 0 Å². The van der Waals surface area contributed by atoms with Crippen LogP contribution in [0.2, 0.25) is 0 Å². The van der Waals surface area contributed by atoms with Crippen LogP contribution >= 0.6 is 0 Å². The molecule has 4 unspecified atom stereocenters. The normalized spacial score (nSPS) is 27.1. The highest BCUT2D eigenvalue weighted by Gasteiger charge is 2.45. The van der Waals surface area contributed by atoms with Gasteiger partial charge in [-0.1, -0.05) is 45.9 Å². The second kappa shape index (κ2) is 14.3. The molecule has 2 aromatic rings. The van der Waals surface area contributed by atoms with Gasteiger partial charge in [-0.2, -0.15) is 0 Å². The Labute approximate surface area is 277 Å². The van der Waals surface area contributed by atoms with Gasteiger partial charge in [-0.3, -0.25) is 19.5 Å². The molecule has 3 amide bonds. The van der Waals surface area contributed by atoms with E-state index in [1.165, 1.54) is 0 Å². The number of hydrogen-bond donors (Lipinski definition) is 1. The second-order valence-corrected chi connectivity index (χ2v) is 14.4. The molecule has 5 saturated heterocycles. The lowest BCUT2D eigenvalue weighted by atomic mass is 9.83. The largest absolute Gasteiger partial charge is 0.444 e. The molecule has 1 aromatic heterocycles. The molecule has 254 valence electrons. The zero-order chi connectivity index (χ0) is 33.1. The average molecular weight is 649 g/mol. The summed E-state index contributed by atoms with van der Waals surface area (Å²) in [6, 6.07) is 10.4. The predicted octanol–water partition coefficient (Wildman–Crippen LogP) is 4.60. The summed E-state index contributed by atoms with van der Waals surface area (Å²) in [4.78, 5) is 49.7. The monoisotopic (exact) mass is 648 g/mol. The maximum Gasteiger partial charge on any atom is 0.410 e. The number of likely N-dealkylation sites (tertiary alicyclic amines) is 1. The predicted molar refractivity (Wildman–Crippen MR) is 175 cm³/mol. The summed E-state index contributed by atoms with van der Waals surface area (Å²) in [6.45, 7) is 11.2. The molecule has 5 aliphatic heterocycles. The number of hydrogen-bond acceptors (Lipinski definition) is 8. The van der Waals surface area contributed by atoms with Gasteiger partial charge in [0.05, 0.1) is 32.3 Å². The first kappa shape index (κ1) is 33.4. The number of carbonyl (C=O) groups is 3. The number of nitrogens with one attached hydrogen (secondary N) is 1. The second-order valence-electron chi connectivity index (χ2n) is 14.4. The smallest absolute Gasteiger partial charge is 0.410 e. The minimum Gasteiger partial charge on any atom is -0.444 e. The fraction of sp³-hybridized carbons (Fsp3) is 0.611. The Balaban J connectivity index is 1.26. The Bertz CT molecular complexity index is 1380. The van der Waals surface area contributed by atoms with E-state index in [4.69, 9.17) is 18.9 Å². The van der Waals surface area contributed by atoms with Gasteiger partial charge in [-0.05, 0) is 54.4 Å². The average Bonchev–Trinajstić information content (AvgIpc) is 3.42. The Morgan fingerprint density at radius 3 is 2.40 bits per heavy atom. The van der Waals surface area contributed by atoms with Crippen LogP contribution in [0, 0.1) is 17.8 Å². The number of amides is 3. The van der Waals surface area contributed by atoms with Crippen LogP contribution in [0.15, 0.2) is 48.8 Å². The third kappa shape index (κ3) is 7.63. The molecule has 1 aromatic carbocycles. The standard InChI is InChI=1S/C36H48N4O7/c1-23-18-25-20-45-34(23)46-22-30(25)33(42)40(28-9-7-26(8-10-28)36(2,3)4)31(24-6-5-14-37-19-24)32(41)38-27-11-15-39(16-12-27)35(43)47-29-13-17-44-21-29/h5-10,14,19,23,25,27,29-31,34H,11-13,15-18,20-22H2,1-4H3,(H,38,41)/t23?,25?,29?,30-,31?,34+/m1/s1. The first-order chi connectivity index (χ1) is 22.6. The summed E-state index contributed by atoms with van der Waals surface area (Å²) in [5.74, 6) is -0.782. The first-order valence-corrected chi connectivity index (χ1v) is 17.0. The number of nitrogens with zero attached hydrogens (tertiary/aromatic N) is 3. The Morgan fingerprint density at radius 1 is 1.02 bits per heavy atom. The summed E-state index contributed by atoms with van der Waals surface area (Å²) in [5.41, 5.74) is 2.29. The molecular formula is C36H48N4O7. The van der Waals surface area contributed by atoms with Crippen molar-refractivity contribution in [2.45, 2.75) is 83.3 Å². The van der Waals surface area contributed by atoms with Crippen LogP contribution in [0.5, 0.6) is 0 Å². The van der Waals surface area contributed by atoms with Crippen LogP contribution in [0.25, 0.3) is 0 Å². The van der Waals surface area contributed by atoms with Crippen molar-refractivity contribution in [3.05, 3.63) is 59.9 Å². The van der Waals surface area contributed by atoms with Crippen LogP contribution in [-0.4, -0.2) is 85.7 Å². The molecule has 0 spiro atoms. The van der Waals surface area contributed by atoms with E-state index in [2.05, 4.69) is 38.0 Å². The van der Waals surface area contributed by atoms with Crippen LogP contribution in [0.3, 0.4) is 0 Å². The van der Waals surface area contributed by atoms with Gasteiger partial charge >= 0.3 is 6.09 Å². The number of carbonyl (C=O) groups excluding carboxylic acids is 3. The quantitative estimate of drug-likeness (QED) is 0.463. The van der Waals surface area contributed by atoms with Gasteiger partial charge in [0.1, 0.15) is 12.1 Å². The lowest BCUT2D eigenvalue weighted by Gasteiger charge is -2.38. The van der Waals surface area contributed by atoms with E-state index in [0.717, 1.165) is 12.0 Å². The topological polar surface area (TPSA) is 120 Å².